The first-order valence-corrected chi connectivity index (χ1v) is 9.77. The molecule has 4 rings (SSSR count). The Morgan fingerprint density at radius 1 is 1.20 bits per heavy atom. The molecule has 0 aromatic rings. The molecule has 4 aliphatic carbocycles. The minimum atomic E-state index is -3.38. The van der Waals surface area contributed by atoms with E-state index in [1.807, 2.05) is 0 Å². The highest BCUT2D eigenvalue weighted by atomic mass is 32.2. The molecule has 0 radical (unpaired) electrons. The zero-order chi connectivity index (χ0) is 14.9. The molecule has 0 aliphatic heterocycles. The van der Waals surface area contributed by atoms with Gasteiger partial charge in [0.25, 0.3) is 10.1 Å². The van der Waals surface area contributed by atoms with Gasteiger partial charge in [0.05, 0.1) is 12.4 Å². The Bertz CT molecular complexity index is 512. The molecule has 0 aromatic carbocycles. The van der Waals surface area contributed by atoms with Crippen molar-refractivity contribution in [1.82, 2.24) is 0 Å². The van der Waals surface area contributed by atoms with Crippen LogP contribution in [0, 0.1) is 34.5 Å². The van der Waals surface area contributed by atoms with Crippen molar-refractivity contribution in [3.05, 3.63) is 0 Å². The zero-order valence-electron chi connectivity index (χ0n) is 13.3. The van der Waals surface area contributed by atoms with Gasteiger partial charge < -0.3 is 0 Å². The predicted octanol–water partition coefficient (Wildman–Crippen LogP) is 3.45. The molecule has 116 valence electrons. The predicted molar refractivity (Wildman–Crippen MR) is 79.7 cm³/mol. The zero-order valence-corrected chi connectivity index (χ0v) is 14.2. The van der Waals surface area contributed by atoms with Gasteiger partial charge in [-0.1, -0.05) is 27.7 Å². The van der Waals surface area contributed by atoms with Gasteiger partial charge in [0.2, 0.25) is 0 Å². The van der Waals surface area contributed by atoms with Crippen molar-refractivity contribution in [1.29, 1.82) is 0 Å². The molecule has 4 aliphatic rings. The lowest BCUT2D eigenvalue weighted by atomic mass is 9.46. The summed E-state index contributed by atoms with van der Waals surface area (Å²) in [4.78, 5) is 0. The molecule has 3 nitrogen and oxygen atoms in total. The highest BCUT2D eigenvalue weighted by Crippen LogP contribution is 2.71. The summed E-state index contributed by atoms with van der Waals surface area (Å²) in [6.45, 7) is 9.25. The molecule has 4 fully saturated rings. The third-order valence-corrected chi connectivity index (χ3v) is 7.36. The van der Waals surface area contributed by atoms with Crippen molar-refractivity contribution in [2.75, 3.05) is 6.26 Å². The third-order valence-electron chi connectivity index (χ3n) is 6.81. The number of hydrogen-bond acceptors (Lipinski definition) is 3. The van der Waals surface area contributed by atoms with Gasteiger partial charge >= 0.3 is 0 Å². The summed E-state index contributed by atoms with van der Waals surface area (Å²) >= 11 is 0. The molecule has 6 atom stereocenters. The molecular formula is C16H28O3S. The van der Waals surface area contributed by atoms with Crippen LogP contribution in [-0.4, -0.2) is 20.8 Å². The Hall–Kier alpha value is -0.0900. The Balaban J connectivity index is 2.01. The quantitative estimate of drug-likeness (QED) is 0.750. The lowest BCUT2D eigenvalue weighted by Crippen LogP contribution is -2.59. The first-order valence-electron chi connectivity index (χ1n) is 7.95. The standard InChI is InChI=1S/C16H28O3S/c1-10(2)11-8-13-15(3)6-7-16(13,4)14(12(11)9-15)19-20(5,17)18/h10-14H,6-9H2,1-5H3/t11-,12+,13+,14+,15-,16-/m1/s1. The largest absolute Gasteiger partial charge is 0.266 e. The van der Waals surface area contributed by atoms with E-state index in [0.29, 0.717) is 29.1 Å². The second kappa shape index (κ2) is 4.22. The van der Waals surface area contributed by atoms with Crippen LogP contribution in [-0.2, 0) is 14.3 Å². The molecular weight excluding hydrogens is 272 g/mol. The molecule has 0 aromatic heterocycles. The van der Waals surface area contributed by atoms with Gasteiger partial charge in [-0.25, -0.2) is 0 Å². The minimum Gasteiger partial charge on any atom is -0.266 e. The first kappa shape index (κ1) is 14.8. The van der Waals surface area contributed by atoms with Gasteiger partial charge in [0.15, 0.2) is 0 Å². The van der Waals surface area contributed by atoms with E-state index >= 15 is 0 Å². The summed E-state index contributed by atoms with van der Waals surface area (Å²) in [5.74, 6) is 2.26. The summed E-state index contributed by atoms with van der Waals surface area (Å²) in [6, 6.07) is 0. The maximum absolute atomic E-state index is 11.7. The van der Waals surface area contributed by atoms with E-state index < -0.39 is 10.1 Å². The van der Waals surface area contributed by atoms with E-state index in [9.17, 15) is 8.42 Å². The van der Waals surface area contributed by atoms with Crippen LogP contribution in [0.1, 0.15) is 53.4 Å². The van der Waals surface area contributed by atoms with Gasteiger partial charge in [-0.15, -0.1) is 0 Å². The molecule has 4 heteroatoms. The van der Waals surface area contributed by atoms with E-state index in [4.69, 9.17) is 4.18 Å². The van der Waals surface area contributed by atoms with Crippen molar-refractivity contribution in [3.8, 4) is 0 Å². The minimum absolute atomic E-state index is 0.0616. The van der Waals surface area contributed by atoms with Crippen molar-refractivity contribution < 1.29 is 12.6 Å². The summed E-state index contributed by atoms with van der Waals surface area (Å²) < 4.78 is 29.1. The van der Waals surface area contributed by atoms with Crippen LogP contribution in [0.2, 0.25) is 0 Å². The number of fused-ring (bicyclic) bond motifs is 1. The topological polar surface area (TPSA) is 43.4 Å². The molecule has 0 heterocycles. The number of rotatable bonds is 3. The summed E-state index contributed by atoms with van der Waals surface area (Å²) in [7, 11) is -3.38. The van der Waals surface area contributed by atoms with Crippen LogP contribution in [0.15, 0.2) is 0 Å². The average molecular weight is 300 g/mol. The van der Waals surface area contributed by atoms with Crippen LogP contribution in [0.3, 0.4) is 0 Å². The lowest BCUT2D eigenvalue weighted by molar-refractivity contribution is -0.159. The first-order chi connectivity index (χ1) is 9.07. The normalized spacial score (nSPS) is 50.9. The van der Waals surface area contributed by atoms with E-state index in [0.717, 1.165) is 12.8 Å². The maximum Gasteiger partial charge on any atom is 0.264 e. The molecule has 0 amide bonds. The second-order valence-electron chi connectivity index (χ2n) is 8.44. The van der Waals surface area contributed by atoms with Crippen LogP contribution >= 0.6 is 0 Å². The fraction of sp³-hybridized carbons (Fsp3) is 1.00. The molecule has 0 saturated heterocycles. The fourth-order valence-corrected chi connectivity index (χ4v) is 6.67. The Kier molecular flexibility index (Phi) is 3.13. The highest BCUT2D eigenvalue weighted by Gasteiger charge is 2.67. The van der Waals surface area contributed by atoms with Crippen molar-refractivity contribution in [2.45, 2.75) is 59.5 Å². The van der Waals surface area contributed by atoms with Gasteiger partial charge in [0, 0.05) is 0 Å². The summed E-state index contributed by atoms with van der Waals surface area (Å²) in [5.41, 5.74) is 0.480. The summed E-state index contributed by atoms with van der Waals surface area (Å²) in [6.07, 6.45) is 5.88. The van der Waals surface area contributed by atoms with Crippen LogP contribution in [0.4, 0.5) is 0 Å². The lowest BCUT2D eigenvalue weighted by Gasteiger charge is -2.61. The Morgan fingerprint density at radius 3 is 2.40 bits per heavy atom. The van der Waals surface area contributed by atoms with Crippen LogP contribution in [0.5, 0.6) is 0 Å². The Labute approximate surface area is 123 Å². The van der Waals surface area contributed by atoms with Crippen LogP contribution in [0.25, 0.3) is 0 Å². The van der Waals surface area contributed by atoms with Gasteiger partial charge in [-0.05, 0) is 60.2 Å². The molecule has 20 heavy (non-hydrogen) atoms. The SMILES string of the molecule is CC(C)[C@H]1C[C@H]2[C@]3(C)CC[C@@]2(C)[C@@H](OS(C)(=O)=O)[C@H]1C3. The van der Waals surface area contributed by atoms with Gasteiger partial charge in [0.1, 0.15) is 0 Å². The molecule has 0 spiro atoms. The molecule has 0 N–H and O–H groups in total. The van der Waals surface area contributed by atoms with E-state index in [2.05, 4.69) is 27.7 Å². The van der Waals surface area contributed by atoms with Crippen LogP contribution < -0.4 is 0 Å². The molecule has 4 bridgehead atoms. The van der Waals surface area contributed by atoms with Crippen molar-refractivity contribution >= 4 is 10.1 Å². The number of hydrogen-bond donors (Lipinski definition) is 0. The van der Waals surface area contributed by atoms with Gasteiger partial charge in [-0.3, -0.25) is 4.18 Å². The van der Waals surface area contributed by atoms with E-state index in [1.165, 1.54) is 19.1 Å². The maximum atomic E-state index is 11.7. The molecule has 0 unspecified atom stereocenters. The van der Waals surface area contributed by atoms with E-state index in [-0.39, 0.29) is 11.5 Å². The summed E-state index contributed by atoms with van der Waals surface area (Å²) in [5, 5.41) is 0. The molecule has 4 saturated carbocycles. The highest BCUT2D eigenvalue weighted by molar-refractivity contribution is 7.86. The monoisotopic (exact) mass is 300 g/mol. The second-order valence-corrected chi connectivity index (χ2v) is 10.0. The third kappa shape index (κ3) is 1.98. The van der Waals surface area contributed by atoms with Crippen molar-refractivity contribution in [3.63, 3.8) is 0 Å². The Morgan fingerprint density at radius 2 is 1.85 bits per heavy atom. The van der Waals surface area contributed by atoms with E-state index in [1.54, 1.807) is 0 Å². The van der Waals surface area contributed by atoms with Crippen molar-refractivity contribution in [2.24, 2.45) is 34.5 Å². The average Bonchev–Trinajstić information content (AvgIpc) is 2.51. The fourth-order valence-electron chi connectivity index (χ4n) is 5.93. The van der Waals surface area contributed by atoms with Gasteiger partial charge in [-0.2, -0.15) is 8.42 Å². The smallest absolute Gasteiger partial charge is 0.264 e.